The molecule has 0 N–H and O–H groups in total. The zero-order chi connectivity index (χ0) is 13.8. The van der Waals surface area contributed by atoms with Crippen LogP contribution in [0, 0.1) is 6.92 Å². The fourth-order valence-corrected chi connectivity index (χ4v) is 1.66. The number of methoxy groups -OCH3 is 1. The topological polar surface area (TPSA) is 61.3 Å². The van der Waals surface area contributed by atoms with E-state index in [4.69, 9.17) is 4.74 Å². The van der Waals surface area contributed by atoms with Gasteiger partial charge in [-0.2, -0.15) is 4.98 Å². The minimum absolute atomic E-state index is 0.0189. The largest absolute Gasteiger partial charge is 0.463 e. The highest BCUT2D eigenvalue weighted by Gasteiger charge is 2.12. The molecule has 0 fully saturated rings. The van der Waals surface area contributed by atoms with Crippen LogP contribution in [-0.2, 0) is 4.74 Å². The van der Waals surface area contributed by atoms with Crippen LogP contribution in [0.3, 0.4) is 0 Å². The van der Waals surface area contributed by atoms with Crippen molar-refractivity contribution in [2.45, 2.75) is 6.92 Å². The zero-order valence-corrected chi connectivity index (χ0v) is 12.0. The molecule has 0 aliphatic carbocycles. The van der Waals surface area contributed by atoms with E-state index in [-0.39, 0.29) is 5.82 Å². The number of aromatic nitrogens is 2. The summed E-state index contributed by atoms with van der Waals surface area (Å²) in [6.07, 6.45) is 0. The van der Waals surface area contributed by atoms with Crippen LogP contribution >= 0.6 is 15.9 Å². The van der Waals surface area contributed by atoms with Crippen LogP contribution < -0.4 is 4.74 Å². The Hall–Kier alpha value is -1.95. The van der Waals surface area contributed by atoms with Gasteiger partial charge in [0.25, 0.3) is 0 Å². The van der Waals surface area contributed by atoms with E-state index < -0.39 is 5.97 Å². The summed E-state index contributed by atoms with van der Waals surface area (Å²) in [6.45, 7) is 1.75. The Morgan fingerprint density at radius 1 is 1.21 bits per heavy atom. The fourth-order valence-electron chi connectivity index (χ4n) is 1.40. The maximum atomic E-state index is 11.4. The monoisotopic (exact) mass is 322 g/mol. The minimum atomic E-state index is -0.593. The van der Waals surface area contributed by atoms with Crippen molar-refractivity contribution < 1.29 is 14.3 Å². The van der Waals surface area contributed by atoms with Crippen molar-refractivity contribution in [3.05, 3.63) is 46.3 Å². The number of aryl methyl sites for hydroxylation is 1. The number of halogens is 1. The van der Waals surface area contributed by atoms with Crippen LogP contribution in [0.1, 0.15) is 16.3 Å². The Balaban J connectivity index is 2.27. The standard InChI is InChI=1S/C13H11BrN2O3/c1-8-7-11(16-12(15-8)13(17)18-2)19-10-5-3-9(14)4-6-10/h3-7H,1-2H3. The number of carbonyl (C=O) groups is 1. The lowest BCUT2D eigenvalue weighted by atomic mass is 10.3. The van der Waals surface area contributed by atoms with Crippen molar-refractivity contribution in [3.63, 3.8) is 0 Å². The molecule has 0 bridgehead atoms. The molecule has 0 saturated heterocycles. The molecule has 98 valence electrons. The summed E-state index contributed by atoms with van der Waals surface area (Å²) < 4.78 is 11.1. The van der Waals surface area contributed by atoms with E-state index in [9.17, 15) is 4.79 Å². The number of hydrogen-bond acceptors (Lipinski definition) is 5. The van der Waals surface area contributed by atoms with Gasteiger partial charge in [0.15, 0.2) is 0 Å². The van der Waals surface area contributed by atoms with Crippen molar-refractivity contribution in [3.8, 4) is 11.6 Å². The van der Waals surface area contributed by atoms with E-state index >= 15 is 0 Å². The first-order chi connectivity index (χ1) is 9.08. The van der Waals surface area contributed by atoms with Gasteiger partial charge in [-0.25, -0.2) is 9.78 Å². The molecule has 0 atom stereocenters. The SMILES string of the molecule is COC(=O)c1nc(C)cc(Oc2ccc(Br)cc2)n1. The van der Waals surface area contributed by atoms with Crippen molar-refractivity contribution in [1.29, 1.82) is 0 Å². The number of carbonyl (C=O) groups excluding carboxylic acids is 1. The molecule has 19 heavy (non-hydrogen) atoms. The van der Waals surface area contributed by atoms with Gasteiger partial charge in [-0.1, -0.05) is 15.9 Å². The van der Waals surface area contributed by atoms with Crippen molar-refractivity contribution >= 4 is 21.9 Å². The predicted molar refractivity (Wildman–Crippen MR) is 72.3 cm³/mol. The quantitative estimate of drug-likeness (QED) is 0.812. The smallest absolute Gasteiger partial charge is 0.376 e. The van der Waals surface area contributed by atoms with Gasteiger partial charge in [-0.15, -0.1) is 0 Å². The number of esters is 1. The van der Waals surface area contributed by atoms with Crippen molar-refractivity contribution in [2.75, 3.05) is 7.11 Å². The summed E-state index contributed by atoms with van der Waals surface area (Å²) in [5.41, 5.74) is 0.627. The first kappa shape index (κ1) is 13.5. The summed E-state index contributed by atoms with van der Waals surface area (Å²) in [7, 11) is 1.28. The molecule has 5 nitrogen and oxygen atoms in total. The molecule has 0 unspecified atom stereocenters. The molecule has 6 heteroatoms. The van der Waals surface area contributed by atoms with E-state index in [1.165, 1.54) is 7.11 Å². The number of hydrogen-bond donors (Lipinski definition) is 0. The molecule has 2 aromatic rings. The maximum Gasteiger partial charge on any atom is 0.376 e. The van der Waals surface area contributed by atoms with Crippen molar-refractivity contribution in [2.24, 2.45) is 0 Å². The Bertz CT molecular complexity index is 599. The Kier molecular flexibility index (Phi) is 4.11. The molecule has 0 aliphatic rings. The highest BCUT2D eigenvalue weighted by molar-refractivity contribution is 9.10. The van der Waals surface area contributed by atoms with Gasteiger partial charge < -0.3 is 9.47 Å². The molecule has 0 aliphatic heterocycles. The van der Waals surface area contributed by atoms with Crippen LogP contribution in [0.5, 0.6) is 11.6 Å². The lowest BCUT2D eigenvalue weighted by molar-refractivity contribution is 0.0585. The first-order valence-electron chi connectivity index (χ1n) is 5.46. The molecule has 1 heterocycles. The highest BCUT2D eigenvalue weighted by atomic mass is 79.9. The molecule has 0 saturated carbocycles. The number of ether oxygens (including phenoxy) is 2. The van der Waals surface area contributed by atoms with Gasteiger partial charge >= 0.3 is 5.97 Å². The lowest BCUT2D eigenvalue weighted by Crippen LogP contribution is -2.09. The fraction of sp³-hybridized carbons (Fsp3) is 0.154. The summed E-state index contributed by atoms with van der Waals surface area (Å²) in [5.74, 6) is 0.311. The third kappa shape index (κ3) is 3.51. The first-order valence-corrected chi connectivity index (χ1v) is 6.25. The predicted octanol–water partition coefficient (Wildman–Crippen LogP) is 3.13. The van der Waals surface area contributed by atoms with Crippen LogP contribution in [0.4, 0.5) is 0 Å². The van der Waals surface area contributed by atoms with Gasteiger partial charge in [-0.3, -0.25) is 0 Å². The van der Waals surface area contributed by atoms with E-state index in [1.54, 1.807) is 25.1 Å². The number of rotatable bonds is 3. The summed E-state index contributed by atoms with van der Waals surface area (Å²) >= 11 is 3.34. The van der Waals surface area contributed by atoms with Gasteiger partial charge in [0.2, 0.25) is 11.7 Å². The van der Waals surface area contributed by atoms with Crippen LogP contribution in [0.25, 0.3) is 0 Å². The van der Waals surface area contributed by atoms with Gasteiger partial charge in [-0.05, 0) is 31.2 Å². The summed E-state index contributed by atoms with van der Waals surface area (Å²) in [6, 6.07) is 8.93. The second kappa shape index (κ2) is 5.79. The van der Waals surface area contributed by atoms with Gasteiger partial charge in [0.1, 0.15) is 5.75 Å². The second-order valence-electron chi connectivity index (χ2n) is 3.72. The van der Waals surface area contributed by atoms with Crippen LogP contribution in [-0.4, -0.2) is 23.0 Å². The lowest BCUT2D eigenvalue weighted by Gasteiger charge is -2.06. The Morgan fingerprint density at radius 3 is 2.53 bits per heavy atom. The highest BCUT2D eigenvalue weighted by Crippen LogP contribution is 2.22. The Morgan fingerprint density at radius 2 is 1.89 bits per heavy atom. The number of nitrogens with zero attached hydrogens (tertiary/aromatic N) is 2. The second-order valence-corrected chi connectivity index (χ2v) is 4.63. The molecular weight excluding hydrogens is 312 g/mol. The molecule has 1 aromatic heterocycles. The van der Waals surface area contributed by atoms with Crippen LogP contribution in [0.2, 0.25) is 0 Å². The maximum absolute atomic E-state index is 11.4. The van der Waals surface area contributed by atoms with Gasteiger partial charge in [0, 0.05) is 16.2 Å². The van der Waals surface area contributed by atoms with Crippen molar-refractivity contribution in [1.82, 2.24) is 9.97 Å². The molecular formula is C13H11BrN2O3. The normalized spacial score (nSPS) is 10.1. The van der Waals surface area contributed by atoms with Crippen LogP contribution in [0.15, 0.2) is 34.8 Å². The van der Waals surface area contributed by atoms with Gasteiger partial charge in [0.05, 0.1) is 7.11 Å². The number of benzene rings is 1. The Labute approximate surface area is 118 Å². The van der Waals surface area contributed by atoms with E-state index in [0.717, 1.165) is 4.47 Å². The van der Waals surface area contributed by atoms with E-state index in [0.29, 0.717) is 17.3 Å². The van der Waals surface area contributed by atoms with E-state index in [2.05, 4.69) is 30.6 Å². The molecule has 1 aromatic carbocycles. The average molecular weight is 323 g/mol. The minimum Gasteiger partial charge on any atom is -0.463 e. The third-order valence-corrected chi connectivity index (χ3v) is 2.76. The molecule has 0 spiro atoms. The molecule has 0 radical (unpaired) electrons. The van der Waals surface area contributed by atoms with E-state index in [1.807, 2.05) is 12.1 Å². The average Bonchev–Trinajstić information content (AvgIpc) is 2.40. The zero-order valence-electron chi connectivity index (χ0n) is 10.4. The molecule has 2 rings (SSSR count). The summed E-state index contributed by atoms with van der Waals surface area (Å²) in [4.78, 5) is 19.4. The molecule has 0 amide bonds. The summed E-state index contributed by atoms with van der Waals surface area (Å²) in [5, 5.41) is 0. The third-order valence-electron chi connectivity index (χ3n) is 2.23.